The first kappa shape index (κ1) is 9.99. The lowest BCUT2D eigenvalue weighted by Crippen LogP contribution is -2.21. The molecule has 0 radical (unpaired) electrons. The molecule has 0 saturated carbocycles. The van der Waals surface area contributed by atoms with Crippen LogP contribution in [0.2, 0.25) is 0 Å². The Hall–Kier alpha value is -1.09. The number of nitrogens with two attached hydrogens (primary N) is 1. The van der Waals surface area contributed by atoms with Crippen molar-refractivity contribution in [1.29, 1.82) is 0 Å². The van der Waals surface area contributed by atoms with Crippen LogP contribution in [0.1, 0.15) is 18.9 Å². The van der Waals surface area contributed by atoms with Gasteiger partial charge in [0, 0.05) is 12.1 Å². The Labute approximate surface area is 77.2 Å². The third-order valence-electron chi connectivity index (χ3n) is 1.96. The molecule has 72 valence electrons. The van der Waals surface area contributed by atoms with Gasteiger partial charge in [0.25, 0.3) is 0 Å². The second-order valence-corrected chi connectivity index (χ2v) is 3.19. The standard InChI is InChI=1S/C10H14FNO/c1-2-9(12)4-7-3-8(11)6-10(13)5-7/h3,5-6,9,13H,2,4,12H2,1H3. The minimum absolute atomic E-state index is 0.0289. The molecule has 3 N–H and O–H groups in total. The molecule has 0 heterocycles. The molecular formula is C10H14FNO. The zero-order valence-electron chi connectivity index (χ0n) is 7.63. The Bertz CT molecular complexity index is 268. The van der Waals surface area contributed by atoms with Crippen molar-refractivity contribution in [3.8, 4) is 5.75 Å². The van der Waals surface area contributed by atoms with Gasteiger partial charge in [0.2, 0.25) is 0 Å². The summed E-state index contributed by atoms with van der Waals surface area (Å²) in [4.78, 5) is 0. The molecule has 0 spiro atoms. The van der Waals surface area contributed by atoms with E-state index in [-0.39, 0.29) is 11.8 Å². The molecular weight excluding hydrogens is 169 g/mol. The molecule has 1 aromatic rings. The van der Waals surface area contributed by atoms with Gasteiger partial charge in [-0.15, -0.1) is 0 Å². The Morgan fingerprint density at radius 2 is 2.15 bits per heavy atom. The van der Waals surface area contributed by atoms with E-state index < -0.39 is 5.82 Å². The van der Waals surface area contributed by atoms with Gasteiger partial charge in [-0.3, -0.25) is 0 Å². The van der Waals surface area contributed by atoms with Gasteiger partial charge in [-0.2, -0.15) is 0 Å². The van der Waals surface area contributed by atoms with Crippen molar-refractivity contribution in [3.63, 3.8) is 0 Å². The van der Waals surface area contributed by atoms with E-state index >= 15 is 0 Å². The summed E-state index contributed by atoms with van der Waals surface area (Å²) in [5.74, 6) is -0.461. The summed E-state index contributed by atoms with van der Waals surface area (Å²) >= 11 is 0. The fraction of sp³-hybridized carbons (Fsp3) is 0.400. The van der Waals surface area contributed by atoms with Gasteiger partial charge in [0.1, 0.15) is 11.6 Å². The Morgan fingerprint density at radius 3 is 2.69 bits per heavy atom. The Kier molecular flexibility index (Phi) is 3.25. The van der Waals surface area contributed by atoms with Crippen LogP contribution in [0.5, 0.6) is 5.75 Å². The lowest BCUT2D eigenvalue weighted by Gasteiger charge is -2.08. The first-order valence-electron chi connectivity index (χ1n) is 4.36. The van der Waals surface area contributed by atoms with Gasteiger partial charge in [0.05, 0.1) is 0 Å². The predicted molar refractivity (Wildman–Crippen MR) is 50.0 cm³/mol. The van der Waals surface area contributed by atoms with Crippen LogP contribution < -0.4 is 5.73 Å². The third-order valence-corrected chi connectivity index (χ3v) is 1.96. The number of hydrogen-bond acceptors (Lipinski definition) is 2. The lowest BCUT2D eigenvalue weighted by atomic mass is 10.0. The number of halogens is 1. The zero-order valence-corrected chi connectivity index (χ0v) is 7.63. The summed E-state index contributed by atoms with van der Waals surface area (Å²) in [6.07, 6.45) is 1.44. The van der Waals surface area contributed by atoms with E-state index in [9.17, 15) is 4.39 Å². The molecule has 0 bridgehead atoms. The molecule has 1 aromatic carbocycles. The normalized spacial score (nSPS) is 12.8. The summed E-state index contributed by atoms with van der Waals surface area (Å²) < 4.78 is 12.8. The van der Waals surface area contributed by atoms with Gasteiger partial charge in [-0.05, 0) is 30.5 Å². The number of aromatic hydroxyl groups is 1. The van der Waals surface area contributed by atoms with Gasteiger partial charge in [-0.25, -0.2) is 4.39 Å². The van der Waals surface area contributed by atoms with E-state index in [0.29, 0.717) is 6.42 Å². The van der Waals surface area contributed by atoms with E-state index in [2.05, 4.69) is 0 Å². The molecule has 2 nitrogen and oxygen atoms in total. The number of benzene rings is 1. The topological polar surface area (TPSA) is 46.2 Å². The van der Waals surface area contributed by atoms with E-state index in [1.54, 1.807) is 6.07 Å². The van der Waals surface area contributed by atoms with Gasteiger partial charge < -0.3 is 10.8 Å². The van der Waals surface area contributed by atoms with Crippen LogP contribution in [0.25, 0.3) is 0 Å². The van der Waals surface area contributed by atoms with Crippen LogP contribution >= 0.6 is 0 Å². The second-order valence-electron chi connectivity index (χ2n) is 3.19. The smallest absolute Gasteiger partial charge is 0.127 e. The molecule has 1 unspecified atom stereocenters. The molecule has 0 fully saturated rings. The molecule has 0 aromatic heterocycles. The molecule has 0 aliphatic rings. The number of rotatable bonds is 3. The zero-order chi connectivity index (χ0) is 9.84. The Morgan fingerprint density at radius 1 is 1.46 bits per heavy atom. The van der Waals surface area contributed by atoms with Gasteiger partial charge in [0.15, 0.2) is 0 Å². The van der Waals surface area contributed by atoms with Crippen LogP contribution in [0, 0.1) is 5.82 Å². The van der Waals surface area contributed by atoms with Crippen molar-refractivity contribution < 1.29 is 9.50 Å². The van der Waals surface area contributed by atoms with E-state index in [0.717, 1.165) is 18.1 Å². The highest BCUT2D eigenvalue weighted by molar-refractivity contribution is 5.28. The number of phenolic OH excluding ortho intramolecular Hbond substituents is 1. The van der Waals surface area contributed by atoms with Gasteiger partial charge >= 0.3 is 0 Å². The molecule has 13 heavy (non-hydrogen) atoms. The van der Waals surface area contributed by atoms with Gasteiger partial charge in [-0.1, -0.05) is 6.92 Å². The van der Waals surface area contributed by atoms with Crippen molar-refractivity contribution in [2.45, 2.75) is 25.8 Å². The fourth-order valence-corrected chi connectivity index (χ4v) is 1.20. The van der Waals surface area contributed by atoms with Crippen molar-refractivity contribution in [2.75, 3.05) is 0 Å². The minimum Gasteiger partial charge on any atom is -0.508 e. The van der Waals surface area contributed by atoms with Crippen molar-refractivity contribution >= 4 is 0 Å². The largest absolute Gasteiger partial charge is 0.508 e. The van der Waals surface area contributed by atoms with E-state index in [4.69, 9.17) is 10.8 Å². The third kappa shape index (κ3) is 3.03. The molecule has 0 saturated heterocycles. The summed E-state index contributed by atoms with van der Waals surface area (Å²) in [6.45, 7) is 1.98. The maximum absolute atomic E-state index is 12.8. The van der Waals surface area contributed by atoms with Crippen LogP contribution in [0.3, 0.4) is 0 Å². The molecule has 1 atom stereocenters. The van der Waals surface area contributed by atoms with Crippen LogP contribution in [0.15, 0.2) is 18.2 Å². The van der Waals surface area contributed by atoms with Crippen LogP contribution in [-0.2, 0) is 6.42 Å². The highest BCUT2D eigenvalue weighted by atomic mass is 19.1. The first-order chi connectivity index (χ1) is 6.11. The maximum atomic E-state index is 12.8. The average Bonchev–Trinajstić information content (AvgIpc) is 2.02. The minimum atomic E-state index is -0.418. The van der Waals surface area contributed by atoms with Crippen LogP contribution in [0.4, 0.5) is 4.39 Å². The monoisotopic (exact) mass is 183 g/mol. The molecule has 3 heteroatoms. The van der Waals surface area contributed by atoms with Crippen LogP contribution in [-0.4, -0.2) is 11.1 Å². The highest BCUT2D eigenvalue weighted by Gasteiger charge is 2.04. The number of hydrogen-bond donors (Lipinski definition) is 2. The Balaban J connectivity index is 2.77. The average molecular weight is 183 g/mol. The molecule has 0 aliphatic heterocycles. The summed E-state index contributed by atoms with van der Waals surface area (Å²) in [5, 5.41) is 9.10. The second kappa shape index (κ2) is 4.23. The molecule has 0 aliphatic carbocycles. The summed E-state index contributed by atoms with van der Waals surface area (Å²) in [6, 6.07) is 4.05. The summed E-state index contributed by atoms with van der Waals surface area (Å²) in [7, 11) is 0. The number of phenols is 1. The van der Waals surface area contributed by atoms with Crippen molar-refractivity contribution in [2.24, 2.45) is 5.73 Å². The fourth-order valence-electron chi connectivity index (χ4n) is 1.20. The highest BCUT2D eigenvalue weighted by Crippen LogP contribution is 2.15. The van der Waals surface area contributed by atoms with Crippen molar-refractivity contribution in [3.05, 3.63) is 29.6 Å². The predicted octanol–water partition coefficient (Wildman–Crippen LogP) is 1.81. The molecule has 0 amide bonds. The summed E-state index contributed by atoms with van der Waals surface area (Å²) in [5.41, 5.74) is 6.44. The quantitative estimate of drug-likeness (QED) is 0.750. The molecule has 1 rings (SSSR count). The van der Waals surface area contributed by atoms with Crippen molar-refractivity contribution in [1.82, 2.24) is 0 Å². The van der Waals surface area contributed by atoms with E-state index in [1.165, 1.54) is 6.07 Å². The lowest BCUT2D eigenvalue weighted by molar-refractivity contribution is 0.467. The SMILES string of the molecule is CCC(N)Cc1cc(O)cc(F)c1. The van der Waals surface area contributed by atoms with E-state index in [1.807, 2.05) is 6.92 Å². The first-order valence-corrected chi connectivity index (χ1v) is 4.36. The maximum Gasteiger partial charge on any atom is 0.127 e.